The van der Waals surface area contributed by atoms with E-state index in [-0.39, 0.29) is 5.69 Å². The number of urea groups is 1. The molecule has 1 atom stereocenters. The molecule has 0 aliphatic carbocycles. The maximum Gasteiger partial charge on any atom is 0.416 e. The van der Waals surface area contributed by atoms with Gasteiger partial charge in [-0.1, -0.05) is 24.3 Å². The number of rotatable bonds is 4. The third-order valence-corrected chi connectivity index (χ3v) is 4.46. The summed E-state index contributed by atoms with van der Waals surface area (Å²) in [7, 11) is 0. The SMILES string of the molecule is C[C@]1(c2ccccc2C(F)(F)F)NC(=O)N(CC(=O)Nc2cccc(F)c2)C1=O. The molecule has 2 aromatic rings. The van der Waals surface area contributed by atoms with Crippen LogP contribution in [-0.2, 0) is 21.3 Å². The standard InChI is InChI=1S/C19H15F4N3O3/c1-18(13-7-2-3-8-14(13)19(21,22)23)16(28)26(17(29)25-18)10-15(27)24-12-6-4-5-11(20)9-12/h2-9H,10H2,1H3,(H,24,27)(H,25,29)/t18-/m1/s1. The summed E-state index contributed by atoms with van der Waals surface area (Å²) in [6.45, 7) is 0.396. The average Bonchev–Trinajstić information content (AvgIpc) is 2.85. The zero-order valence-corrected chi connectivity index (χ0v) is 15.0. The fourth-order valence-corrected chi connectivity index (χ4v) is 3.10. The minimum atomic E-state index is -4.74. The summed E-state index contributed by atoms with van der Waals surface area (Å²) in [6, 6.07) is 8.32. The van der Waals surface area contributed by atoms with Crippen molar-refractivity contribution in [3.05, 3.63) is 65.5 Å². The number of hydrogen-bond donors (Lipinski definition) is 2. The van der Waals surface area contributed by atoms with Crippen molar-refractivity contribution in [2.75, 3.05) is 11.9 Å². The number of nitrogens with one attached hydrogen (secondary N) is 2. The lowest BCUT2D eigenvalue weighted by Crippen LogP contribution is -2.43. The first-order valence-electron chi connectivity index (χ1n) is 8.38. The van der Waals surface area contributed by atoms with Gasteiger partial charge in [0.1, 0.15) is 17.9 Å². The normalized spacial score (nSPS) is 19.3. The Bertz CT molecular complexity index is 993. The lowest BCUT2D eigenvalue weighted by Gasteiger charge is -2.25. The van der Waals surface area contributed by atoms with E-state index in [9.17, 15) is 31.9 Å². The number of hydrogen-bond acceptors (Lipinski definition) is 3. The first kappa shape index (κ1) is 20.3. The molecule has 6 nitrogen and oxygen atoms in total. The van der Waals surface area contributed by atoms with Gasteiger partial charge in [0.15, 0.2) is 0 Å². The summed E-state index contributed by atoms with van der Waals surface area (Å²) < 4.78 is 53.2. The van der Waals surface area contributed by atoms with E-state index in [1.54, 1.807) is 0 Å². The van der Waals surface area contributed by atoms with E-state index in [0.717, 1.165) is 31.2 Å². The fraction of sp³-hybridized carbons (Fsp3) is 0.211. The molecule has 1 saturated heterocycles. The zero-order valence-electron chi connectivity index (χ0n) is 15.0. The monoisotopic (exact) mass is 409 g/mol. The smallest absolute Gasteiger partial charge is 0.324 e. The molecule has 4 amide bonds. The molecule has 1 heterocycles. The summed E-state index contributed by atoms with van der Waals surface area (Å²) in [5.41, 5.74) is -3.39. The predicted octanol–water partition coefficient (Wildman–Crippen LogP) is 3.25. The predicted molar refractivity (Wildman–Crippen MR) is 94.1 cm³/mol. The molecule has 10 heteroatoms. The Morgan fingerprint density at radius 2 is 1.83 bits per heavy atom. The number of carbonyl (C=O) groups is 3. The number of carbonyl (C=O) groups excluding carboxylic acids is 3. The van der Waals surface area contributed by atoms with Gasteiger partial charge in [-0.25, -0.2) is 9.18 Å². The molecular weight excluding hydrogens is 394 g/mol. The van der Waals surface area contributed by atoms with Crippen molar-refractivity contribution in [2.45, 2.75) is 18.6 Å². The molecule has 3 rings (SSSR count). The van der Waals surface area contributed by atoms with Crippen LogP contribution in [0.15, 0.2) is 48.5 Å². The Kier molecular flexibility index (Phi) is 5.04. The summed E-state index contributed by atoms with van der Waals surface area (Å²) in [6.07, 6.45) is -4.74. The van der Waals surface area contributed by atoms with Crippen molar-refractivity contribution < 1.29 is 31.9 Å². The van der Waals surface area contributed by atoms with Crippen LogP contribution in [0.4, 0.5) is 28.0 Å². The second-order valence-electron chi connectivity index (χ2n) is 6.55. The number of amides is 4. The maximum atomic E-state index is 13.3. The molecule has 1 fully saturated rings. The molecule has 1 aliphatic rings. The molecule has 0 radical (unpaired) electrons. The van der Waals surface area contributed by atoms with Gasteiger partial charge in [-0.05, 0) is 36.8 Å². The van der Waals surface area contributed by atoms with Crippen molar-refractivity contribution in [3.63, 3.8) is 0 Å². The van der Waals surface area contributed by atoms with Gasteiger partial charge >= 0.3 is 12.2 Å². The number of imide groups is 1. The lowest BCUT2D eigenvalue weighted by molar-refractivity contribution is -0.140. The first-order chi connectivity index (χ1) is 13.5. The molecule has 0 spiro atoms. The summed E-state index contributed by atoms with van der Waals surface area (Å²) >= 11 is 0. The van der Waals surface area contributed by atoms with Crippen LogP contribution in [0.3, 0.4) is 0 Å². The maximum absolute atomic E-state index is 13.3. The van der Waals surface area contributed by atoms with E-state index in [1.807, 2.05) is 0 Å². The molecule has 0 saturated carbocycles. The van der Waals surface area contributed by atoms with Crippen molar-refractivity contribution in [1.29, 1.82) is 0 Å². The van der Waals surface area contributed by atoms with Crippen LogP contribution < -0.4 is 10.6 Å². The second-order valence-corrected chi connectivity index (χ2v) is 6.55. The Morgan fingerprint density at radius 1 is 1.14 bits per heavy atom. The largest absolute Gasteiger partial charge is 0.416 e. The lowest BCUT2D eigenvalue weighted by atomic mass is 9.87. The minimum Gasteiger partial charge on any atom is -0.324 e. The Labute approximate surface area is 162 Å². The highest BCUT2D eigenvalue weighted by atomic mass is 19.4. The molecule has 0 unspecified atom stereocenters. The van der Waals surface area contributed by atoms with Crippen LogP contribution in [0.25, 0.3) is 0 Å². The van der Waals surface area contributed by atoms with Gasteiger partial charge in [0.2, 0.25) is 5.91 Å². The van der Waals surface area contributed by atoms with Crippen LogP contribution in [0.5, 0.6) is 0 Å². The van der Waals surface area contributed by atoms with E-state index in [4.69, 9.17) is 0 Å². The number of alkyl halides is 3. The second kappa shape index (κ2) is 7.19. The van der Waals surface area contributed by atoms with Crippen molar-refractivity contribution in [2.24, 2.45) is 0 Å². The van der Waals surface area contributed by atoms with Crippen molar-refractivity contribution >= 4 is 23.5 Å². The number of anilines is 1. The van der Waals surface area contributed by atoms with Crippen molar-refractivity contribution in [3.8, 4) is 0 Å². The highest BCUT2D eigenvalue weighted by molar-refractivity contribution is 6.10. The Morgan fingerprint density at radius 3 is 2.48 bits per heavy atom. The molecule has 0 aromatic heterocycles. The quantitative estimate of drug-likeness (QED) is 0.601. The van der Waals surface area contributed by atoms with Gasteiger partial charge in [-0.2, -0.15) is 13.2 Å². The number of nitrogens with zero attached hydrogens (tertiary/aromatic N) is 1. The average molecular weight is 409 g/mol. The van der Waals surface area contributed by atoms with Crippen LogP contribution in [0, 0.1) is 5.82 Å². The molecule has 1 aliphatic heterocycles. The van der Waals surface area contributed by atoms with E-state index < -0.39 is 53.0 Å². The van der Waals surface area contributed by atoms with Crippen LogP contribution in [0.2, 0.25) is 0 Å². The summed E-state index contributed by atoms with van der Waals surface area (Å²) in [5.74, 6) is -2.42. The molecule has 152 valence electrons. The Balaban J connectivity index is 1.84. The topological polar surface area (TPSA) is 78.5 Å². The molecule has 2 aromatic carbocycles. The van der Waals surface area contributed by atoms with Gasteiger partial charge in [-0.3, -0.25) is 14.5 Å². The van der Waals surface area contributed by atoms with Gasteiger partial charge < -0.3 is 10.6 Å². The third kappa shape index (κ3) is 3.91. The highest BCUT2D eigenvalue weighted by Gasteiger charge is 2.52. The van der Waals surface area contributed by atoms with Crippen LogP contribution in [-0.4, -0.2) is 29.3 Å². The molecule has 29 heavy (non-hydrogen) atoms. The third-order valence-electron chi connectivity index (χ3n) is 4.46. The number of halogens is 4. The van der Waals surface area contributed by atoms with E-state index in [1.165, 1.54) is 24.3 Å². The first-order valence-corrected chi connectivity index (χ1v) is 8.38. The van der Waals surface area contributed by atoms with Crippen molar-refractivity contribution in [1.82, 2.24) is 10.2 Å². The van der Waals surface area contributed by atoms with Gasteiger partial charge in [0, 0.05) is 5.69 Å². The molecule has 0 bridgehead atoms. The summed E-state index contributed by atoms with van der Waals surface area (Å²) in [5, 5.41) is 4.56. The van der Waals surface area contributed by atoms with Gasteiger partial charge in [0.05, 0.1) is 5.56 Å². The number of benzene rings is 2. The molecular formula is C19H15F4N3O3. The van der Waals surface area contributed by atoms with Crippen LogP contribution >= 0.6 is 0 Å². The summed E-state index contributed by atoms with van der Waals surface area (Å²) in [4.78, 5) is 37.7. The van der Waals surface area contributed by atoms with Crippen LogP contribution in [0.1, 0.15) is 18.1 Å². The van der Waals surface area contributed by atoms with E-state index in [2.05, 4.69) is 10.6 Å². The van der Waals surface area contributed by atoms with Gasteiger partial charge in [0.25, 0.3) is 5.91 Å². The molecule has 2 N–H and O–H groups in total. The zero-order chi connectivity index (χ0) is 21.4. The Hall–Kier alpha value is -3.43. The fourth-order valence-electron chi connectivity index (χ4n) is 3.10. The van der Waals surface area contributed by atoms with Gasteiger partial charge in [-0.15, -0.1) is 0 Å². The minimum absolute atomic E-state index is 0.104. The van der Waals surface area contributed by atoms with E-state index in [0.29, 0.717) is 4.90 Å². The highest BCUT2D eigenvalue weighted by Crippen LogP contribution is 2.39. The van der Waals surface area contributed by atoms with E-state index >= 15 is 0 Å².